The summed E-state index contributed by atoms with van der Waals surface area (Å²) in [5.74, 6) is 1.12. The summed E-state index contributed by atoms with van der Waals surface area (Å²) in [6, 6.07) is -0.399. The Bertz CT molecular complexity index is 323. The Hall–Kier alpha value is -1.36. The zero-order valence-corrected chi connectivity index (χ0v) is 10.6. The minimum absolute atomic E-state index is 0.0567. The molecule has 5 heteroatoms. The topological polar surface area (TPSA) is 83.8 Å². The van der Waals surface area contributed by atoms with Crippen LogP contribution in [0.25, 0.3) is 0 Å². The molecule has 0 aliphatic rings. The molecule has 1 aromatic rings. The quantitative estimate of drug-likeness (QED) is 0.615. The first-order chi connectivity index (χ1) is 8.15. The monoisotopic (exact) mass is 238 g/mol. The van der Waals surface area contributed by atoms with Crippen LogP contribution < -0.4 is 11.1 Å². The third-order valence-electron chi connectivity index (χ3n) is 3.00. The number of imidazole rings is 1. The summed E-state index contributed by atoms with van der Waals surface area (Å²) in [6.07, 6.45) is 6.15. The van der Waals surface area contributed by atoms with Crippen molar-refractivity contribution in [1.29, 1.82) is 0 Å². The Kier molecular flexibility index (Phi) is 5.69. The lowest BCUT2D eigenvalue weighted by Crippen LogP contribution is -2.44. The average molecular weight is 238 g/mol. The van der Waals surface area contributed by atoms with Gasteiger partial charge in [-0.15, -0.1) is 0 Å². The molecule has 1 unspecified atom stereocenters. The second kappa shape index (κ2) is 7.06. The molecule has 96 valence electrons. The van der Waals surface area contributed by atoms with Crippen molar-refractivity contribution < 1.29 is 4.79 Å². The van der Waals surface area contributed by atoms with E-state index in [0.29, 0.717) is 6.54 Å². The zero-order valence-electron chi connectivity index (χ0n) is 10.6. The van der Waals surface area contributed by atoms with Gasteiger partial charge >= 0.3 is 0 Å². The number of nitrogens with two attached hydrogens (primary N) is 1. The first-order valence-electron chi connectivity index (χ1n) is 6.16. The van der Waals surface area contributed by atoms with Crippen LogP contribution >= 0.6 is 0 Å². The number of carbonyl (C=O) groups excluding carboxylic acids is 1. The molecule has 4 N–H and O–H groups in total. The van der Waals surface area contributed by atoms with E-state index in [1.807, 2.05) is 13.8 Å². The summed E-state index contributed by atoms with van der Waals surface area (Å²) in [4.78, 5) is 18.8. The number of H-pyrrole nitrogens is 1. The summed E-state index contributed by atoms with van der Waals surface area (Å²) in [7, 11) is 0. The SMILES string of the molecule is CCC(C)[C@H](N)C(=O)NCCCc1ncc[nH]1. The van der Waals surface area contributed by atoms with Crippen molar-refractivity contribution >= 4 is 5.91 Å². The van der Waals surface area contributed by atoms with Gasteiger partial charge in [-0.25, -0.2) is 4.98 Å². The molecule has 1 aromatic heterocycles. The highest BCUT2D eigenvalue weighted by Crippen LogP contribution is 2.05. The Labute approximate surface area is 102 Å². The maximum absolute atomic E-state index is 11.6. The third-order valence-corrected chi connectivity index (χ3v) is 3.00. The van der Waals surface area contributed by atoms with Gasteiger partial charge in [0, 0.05) is 25.4 Å². The largest absolute Gasteiger partial charge is 0.355 e. The van der Waals surface area contributed by atoms with E-state index in [9.17, 15) is 4.79 Å². The lowest BCUT2D eigenvalue weighted by atomic mass is 9.99. The van der Waals surface area contributed by atoms with Gasteiger partial charge in [0.05, 0.1) is 6.04 Å². The van der Waals surface area contributed by atoms with Crippen molar-refractivity contribution in [3.8, 4) is 0 Å². The summed E-state index contributed by atoms with van der Waals surface area (Å²) < 4.78 is 0. The van der Waals surface area contributed by atoms with E-state index in [0.717, 1.165) is 25.1 Å². The molecule has 0 aromatic carbocycles. The fraction of sp³-hybridized carbons (Fsp3) is 0.667. The number of rotatable bonds is 7. The fourth-order valence-corrected chi connectivity index (χ4v) is 1.53. The van der Waals surface area contributed by atoms with Crippen molar-refractivity contribution in [2.45, 2.75) is 39.2 Å². The van der Waals surface area contributed by atoms with Gasteiger partial charge in [0.1, 0.15) is 5.82 Å². The number of nitrogens with zero attached hydrogens (tertiary/aromatic N) is 1. The van der Waals surface area contributed by atoms with Crippen LogP contribution in [0, 0.1) is 5.92 Å². The van der Waals surface area contributed by atoms with E-state index in [4.69, 9.17) is 5.73 Å². The summed E-state index contributed by atoms with van der Waals surface area (Å²) >= 11 is 0. The first-order valence-corrected chi connectivity index (χ1v) is 6.16. The molecule has 0 aliphatic heterocycles. The highest BCUT2D eigenvalue weighted by Gasteiger charge is 2.18. The van der Waals surface area contributed by atoms with Gasteiger partial charge in [-0.1, -0.05) is 20.3 Å². The number of nitrogens with one attached hydrogen (secondary N) is 2. The van der Waals surface area contributed by atoms with E-state index in [-0.39, 0.29) is 11.8 Å². The number of aromatic amines is 1. The van der Waals surface area contributed by atoms with Crippen molar-refractivity contribution in [1.82, 2.24) is 15.3 Å². The number of hydrogen-bond acceptors (Lipinski definition) is 3. The molecule has 0 spiro atoms. The highest BCUT2D eigenvalue weighted by atomic mass is 16.2. The van der Waals surface area contributed by atoms with Gasteiger partial charge in [-0.3, -0.25) is 4.79 Å². The van der Waals surface area contributed by atoms with Crippen LogP contribution in [-0.4, -0.2) is 28.5 Å². The van der Waals surface area contributed by atoms with Gasteiger partial charge in [-0.2, -0.15) is 0 Å². The van der Waals surface area contributed by atoms with Crippen LogP contribution in [0.1, 0.15) is 32.5 Å². The Balaban J connectivity index is 2.16. The minimum Gasteiger partial charge on any atom is -0.355 e. The fourth-order valence-electron chi connectivity index (χ4n) is 1.53. The van der Waals surface area contributed by atoms with Crippen molar-refractivity contribution in [3.63, 3.8) is 0 Å². The molecule has 2 atom stereocenters. The summed E-state index contributed by atoms with van der Waals surface area (Å²) in [5, 5.41) is 2.85. The predicted molar refractivity (Wildman–Crippen MR) is 67.3 cm³/mol. The second-order valence-corrected chi connectivity index (χ2v) is 4.34. The molecule has 0 aliphatic carbocycles. The van der Waals surface area contributed by atoms with Gasteiger partial charge in [0.15, 0.2) is 0 Å². The van der Waals surface area contributed by atoms with E-state index in [1.165, 1.54) is 0 Å². The third kappa shape index (κ3) is 4.56. The van der Waals surface area contributed by atoms with Crippen LogP contribution in [-0.2, 0) is 11.2 Å². The predicted octanol–water partition coefficient (Wildman–Crippen LogP) is 0.832. The Morgan fingerprint density at radius 2 is 2.41 bits per heavy atom. The lowest BCUT2D eigenvalue weighted by Gasteiger charge is -2.17. The van der Waals surface area contributed by atoms with E-state index in [1.54, 1.807) is 12.4 Å². The molecule has 1 heterocycles. The first kappa shape index (κ1) is 13.7. The zero-order chi connectivity index (χ0) is 12.7. The number of aromatic nitrogens is 2. The number of hydrogen-bond donors (Lipinski definition) is 3. The molecule has 0 saturated carbocycles. The Morgan fingerprint density at radius 3 is 3.00 bits per heavy atom. The smallest absolute Gasteiger partial charge is 0.237 e. The van der Waals surface area contributed by atoms with E-state index in [2.05, 4.69) is 15.3 Å². The standard InChI is InChI=1S/C12H22N4O/c1-3-9(2)11(13)12(17)16-6-4-5-10-14-7-8-15-10/h7-9,11H,3-6,13H2,1-2H3,(H,14,15)(H,16,17)/t9?,11-/m0/s1. The van der Waals surface area contributed by atoms with Crippen LogP contribution in [0.2, 0.25) is 0 Å². The molecule has 1 amide bonds. The Morgan fingerprint density at radius 1 is 1.65 bits per heavy atom. The maximum Gasteiger partial charge on any atom is 0.237 e. The molecule has 0 fully saturated rings. The molecule has 1 rings (SSSR count). The molecule has 0 radical (unpaired) electrons. The van der Waals surface area contributed by atoms with Crippen molar-refractivity contribution in [2.75, 3.05) is 6.54 Å². The molecule has 0 bridgehead atoms. The normalized spacial score (nSPS) is 14.3. The van der Waals surface area contributed by atoms with Crippen molar-refractivity contribution in [2.24, 2.45) is 11.7 Å². The van der Waals surface area contributed by atoms with Gasteiger partial charge in [0.2, 0.25) is 5.91 Å². The molecular formula is C12H22N4O. The maximum atomic E-state index is 11.6. The van der Waals surface area contributed by atoms with Crippen molar-refractivity contribution in [3.05, 3.63) is 18.2 Å². The summed E-state index contributed by atoms with van der Waals surface area (Å²) in [5.41, 5.74) is 5.82. The second-order valence-electron chi connectivity index (χ2n) is 4.34. The highest BCUT2D eigenvalue weighted by molar-refractivity contribution is 5.81. The van der Waals surface area contributed by atoms with Gasteiger partial charge < -0.3 is 16.0 Å². The van der Waals surface area contributed by atoms with Gasteiger partial charge in [-0.05, 0) is 12.3 Å². The molecule has 5 nitrogen and oxygen atoms in total. The van der Waals surface area contributed by atoms with Crippen LogP contribution in [0.5, 0.6) is 0 Å². The van der Waals surface area contributed by atoms with Crippen LogP contribution in [0.4, 0.5) is 0 Å². The number of carbonyl (C=O) groups is 1. The minimum atomic E-state index is -0.399. The lowest BCUT2D eigenvalue weighted by molar-refractivity contribution is -0.123. The van der Waals surface area contributed by atoms with E-state index < -0.39 is 6.04 Å². The number of amides is 1. The molecular weight excluding hydrogens is 216 g/mol. The van der Waals surface area contributed by atoms with Crippen LogP contribution in [0.15, 0.2) is 12.4 Å². The van der Waals surface area contributed by atoms with Crippen LogP contribution in [0.3, 0.4) is 0 Å². The molecule has 0 saturated heterocycles. The van der Waals surface area contributed by atoms with E-state index >= 15 is 0 Å². The van der Waals surface area contributed by atoms with Gasteiger partial charge in [0.25, 0.3) is 0 Å². The number of aryl methyl sites for hydroxylation is 1. The summed E-state index contributed by atoms with van der Waals surface area (Å²) in [6.45, 7) is 4.67. The molecule has 17 heavy (non-hydrogen) atoms. The average Bonchev–Trinajstić information content (AvgIpc) is 2.85.